The van der Waals surface area contributed by atoms with Crippen LogP contribution in [0.25, 0.3) is 28.0 Å². The fourth-order valence-electron chi connectivity index (χ4n) is 11.6. The predicted molar refractivity (Wildman–Crippen MR) is 470 cm³/mol. The Morgan fingerprint density at radius 1 is 0.540 bits per heavy atom. The molecule has 0 radical (unpaired) electrons. The van der Waals surface area contributed by atoms with E-state index in [1.165, 1.54) is 28.3 Å². The van der Waals surface area contributed by atoms with E-state index in [1.54, 1.807) is 53.7 Å². The molecule has 0 bridgehead atoms. The number of benzene rings is 7. The number of aliphatic carboxylic acids is 2. The van der Waals surface area contributed by atoms with Crippen LogP contribution in [0.4, 0.5) is 0 Å². The van der Waals surface area contributed by atoms with Gasteiger partial charge in [-0.3, -0.25) is 33.6 Å². The summed E-state index contributed by atoms with van der Waals surface area (Å²) in [7, 11) is 0. The molecule has 0 aromatic heterocycles. The number of aryl methyl sites for hydroxylation is 7. The van der Waals surface area contributed by atoms with Gasteiger partial charge in [0.05, 0.1) is 45.1 Å². The molecule has 7 aromatic carbocycles. The van der Waals surface area contributed by atoms with E-state index in [0.29, 0.717) is 45.1 Å². The van der Waals surface area contributed by atoms with E-state index in [2.05, 4.69) is 57.1 Å². The van der Waals surface area contributed by atoms with Crippen LogP contribution in [0.2, 0.25) is 0 Å². The summed E-state index contributed by atoms with van der Waals surface area (Å²) in [6.07, 6.45) is 8.56. The van der Waals surface area contributed by atoms with Gasteiger partial charge in [-0.05, 0) is 180 Å². The Morgan fingerprint density at radius 3 is 1.18 bits per heavy atom. The minimum Gasteiger partial charge on any atom is -0.553 e. The number of aldehydes is 1. The molecule has 2 saturated carbocycles. The Labute approximate surface area is 784 Å². The number of amides is 1. The van der Waals surface area contributed by atoms with E-state index in [1.807, 2.05) is 194 Å². The minimum absolute atomic E-state index is 0. The van der Waals surface area contributed by atoms with Crippen LogP contribution in [0, 0.1) is 59.3 Å². The van der Waals surface area contributed by atoms with Gasteiger partial charge in [0.1, 0.15) is 23.4 Å². The van der Waals surface area contributed by atoms with Gasteiger partial charge < -0.3 is 82.3 Å². The molecule has 0 spiro atoms. The van der Waals surface area contributed by atoms with Gasteiger partial charge in [0, 0.05) is 54.0 Å². The van der Waals surface area contributed by atoms with Crippen molar-refractivity contribution in [1.29, 1.82) is 0 Å². The summed E-state index contributed by atoms with van der Waals surface area (Å²) in [5, 5.41) is 37.9. The minimum atomic E-state index is -1.60. The summed E-state index contributed by atoms with van der Waals surface area (Å²) in [4.78, 5) is 142. The molecule has 3 fully saturated rings. The number of nitrogens with one attached hydrogen (secondary N) is 2. The first-order valence-corrected chi connectivity index (χ1v) is 39.8. The van der Waals surface area contributed by atoms with Crippen LogP contribution >= 0.6 is 0 Å². The van der Waals surface area contributed by atoms with Gasteiger partial charge in [-0.2, -0.15) is 9.59 Å². The number of nitrogens with two attached hydrogens (primary N) is 2. The van der Waals surface area contributed by atoms with Gasteiger partial charge in [-0.1, -0.05) is 228 Å². The van der Waals surface area contributed by atoms with Gasteiger partial charge in [0.25, 0.3) is 0 Å². The number of nitrogens with zero attached hydrogens (tertiary/aromatic N) is 4. The summed E-state index contributed by atoms with van der Waals surface area (Å²) in [6.45, 7) is 29.2. The smallest absolute Gasteiger partial charge is 0.553 e. The molecule has 674 valence electrons. The van der Waals surface area contributed by atoms with Crippen LogP contribution in [0.1, 0.15) is 240 Å². The molecule has 3 aliphatic rings. The topological polar surface area (TPSA) is 500 Å². The largest absolute Gasteiger partial charge is 1.00 e. The normalized spacial score (nSPS) is 13.8. The van der Waals surface area contributed by atoms with Gasteiger partial charge in [-0.25, -0.2) is 9.59 Å². The molecule has 5 unspecified atom stereocenters. The zero-order chi connectivity index (χ0) is 93.2. The summed E-state index contributed by atoms with van der Waals surface area (Å²) < 4.78 is 24.5. The molecule has 1 saturated heterocycles. The third-order valence-corrected chi connectivity index (χ3v) is 18.5. The second-order valence-electron chi connectivity index (χ2n) is 28.2. The zero-order valence-corrected chi connectivity index (χ0v) is 78.9. The van der Waals surface area contributed by atoms with Crippen LogP contribution in [0.5, 0.6) is 0 Å². The standard InChI is InChI=1S/C16H20O4.C15H18O4.C12H15N3O.C12H17NO.C12H12O4.C11H13NO.C8H8O.C6H12O2.CO2.CH4.H3N2O.H2NO.2Na/c1-4-19-14(17)16(15(18)20-5-2)10-13(16)12-8-6-11(3)7-9-12;1-4-18-14(16)13(15(17)19-5-2)10-12-8-6-11(3)7-9-12;1-9-3-6-11(7-4-9)12(14-15-13)8-5-10(2)16;1-9-3-6-11(7-4-9)12(13)8-5-10(2)14;1-7-2-4-8(5-3-7)9-6-12(9,10(13)14)11(15)16;1-8-2-4-9(5-3-8)10-6-7-11(13)12-10;1-7-2-4-8(6-9)5-3-7;1-3-5-6(7)8-4-2;2-1-3;;1-2-3;1-2;;/h6-9,13H,4-5,10H2,1-3H3;6-10H,4-5H2,1-3H3;3-4,6-7,12H,5,8H2,1-2H3;3-4,6-7,12H,5,8,13H2,1-2H3;2-5,9H,6H2,1H3,(H,13,14)(H,15,16);2-5,10H,6-7H2,1H3,(H,12,13);2-6H,1H3;3-5H2,1-2H3;;1H4;3H,1H2;1-2H;;/q;;;;;;;;;;2*-1;2*+1. The molecule has 10 rings (SSSR count). The maximum atomic E-state index is 12.2. The Kier molecular flexibility index (Phi) is 66.4. The Morgan fingerprint density at radius 2 is 0.865 bits per heavy atom. The van der Waals surface area contributed by atoms with E-state index in [-0.39, 0.29) is 159 Å². The summed E-state index contributed by atoms with van der Waals surface area (Å²) in [6, 6.07) is 54.4. The van der Waals surface area contributed by atoms with Crippen molar-refractivity contribution >= 4 is 77.8 Å². The summed E-state index contributed by atoms with van der Waals surface area (Å²) in [5.41, 5.74) is 28.3. The van der Waals surface area contributed by atoms with Crippen LogP contribution < -0.4 is 76.0 Å². The summed E-state index contributed by atoms with van der Waals surface area (Å²) in [5.74, 6) is 3.88. The third-order valence-electron chi connectivity index (χ3n) is 18.5. The molecule has 1 heterocycles. The fourth-order valence-corrected chi connectivity index (χ4v) is 11.6. The zero-order valence-electron chi connectivity index (χ0n) is 74.9. The van der Waals surface area contributed by atoms with Crippen molar-refractivity contribution in [2.24, 2.45) is 27.5 Å². The number of hydrogen-bond donors (Lipinski definition) is 7. The van der Waals surface area contributed by atoms with Gasteiger partial charge in [0.15, 0.2) is 10.8 Å². The maximum Gasteiger partial charge on any atom is 1.00 e. The van der Waals surface area contributed by atoms with E-state index in [0.717, 1.165) is 81.2 Å². The van der Waals surface area contributed by atoms with Crippen LogP contribution in [0.15, 0.2) is 181 Å². The Hall–Kier alpha value is -10.5. The Balaban J connectivity index is -0.000000672. The molecule has 126 heavy (non-hydrogen) atoms. The monoisotopic (exact) mass is 1760 g/mol. The fraction of sp³-hybridized carbons (Fsp3) is 0.404. The molecular formula is C94H124N8Na2O22. The molecule has 7 aromatic rings. The predicted octanol–water partition coefficient (Wildman–Crippen LogP) is 12.0. The number of azide groups is 1. The quantitative estimate of drug-likeness (QED) is 0.00204. The van der Waals surface area contributed by atoms with Crippen LogP contribution in [0.3, 0.4) is 0 Å². The van der Waals surface area contributed by atoms with Crippen molar-refractivity contribution in [2.45, 2.75) is 205 Å². The Bertz CT molecular complexity index is 4450. The maximum absolute atomic E-state index is 12.2. The van der Waals surface area contributed by atoms with E-state index >= 15 is 0 Å². The molecule has 1 amide bonds. The molecule has 2 aliphatic carbocycles. The van der Waals surface area contributed by atoms with Gasteiger partial charge in [-0.15, -0.1) is 0 Å². The molecular weight excluding hydrogens is 1640 g/mol. The number of carbonyl (C=O) groups excluding carboxylic acids is 11. The molecule has 30 nitrogen and oxygen atoms in total. The average molecular weight is 1760 g/mol. The first-order chi connectivity index (χ1) is 58.6. The summed E-state index contributed by atoms with van der Waals surface area (Å²) >= 11 is 0. The van der Waals surface area contributed by atoms with E-state index in [4.69, 9.17) is 66.3 Å². The molecule has 10 N–H and O–H groups in total. The first-order valence-electron chi connectivity index (χ1n) is 39.8. The third kappa shape index (κ3) is 46.6. The molecule has 1 aliphatic heterocycles. The van der Waals surface area contributed by atoms with Crippen molar-refractivity contribution in [3.05, 3.63) is 275 Å². The number of rotatable bonds is 27. The van der Waals surface area contributed by atoms with Crippen molar-refractivity contribution in [3.8, 4) is 0 Å². The second kappa shape index (κ2) is 68.7. The SMILES string of the molecule is C.CC(=O)CCC(N)c1ccc(C)cc1.CC(=O)CCC(N=[N+]=[N-])c1ccc(C)cc1.CCCC(=O)OCC.CCOC(=O)C(=Cc1ccc(C)cc1)C(=O)OCC.CCOC(=O)C1(C(=O)OCC)CC1c1ccc(C)cc1.Cc1ccc(C2CC2(C(=O)O)C(=O)O)cc1.Cc1ccc(C2CCC(=O)N2)cc1.Cc1ccc(C=O)cc1.N[N-]O.O=C=O.[NH-]O.[Na+].[Na+]. The number of esters is 5. The number of carbonyl (C=O) groups is 11. The first kappa shape index (κ1) is 122. The second-order valence-corrected chi connectivity index (χ2v) is 28.2. The number of Topliss-reactive ketones (excluding diaryl/α,β-unsaturated/α-hetero) is 2. The van der Waals surface area contributed by atoms with Crippen LogP contribution in [-0.4, -0.2) is 125 Å². The van der Waals surface area contributed by atoms with Crippen LogP contribution in [-0.2, 0) is 81.2 Å². The van der Waals surface area contributed by atoms with Gasteiger partial charge >= 0.3 is 107 Å². The number of carboxylic acids is 2. The number of carboxylic acid groups (broad SMARTS) is 2. The molecule has 32 heteroatoms. The number of hydrogen-bond acceptors (Lipinski definition) is 23. The number of ketones is 2. The van der Waals surface area contributed by atoms with Gasteiger partial charge in [0.2, 0.25) is 5.91 Å². The van der Waals surface area contributed by atoms with Crippen molar-refractivity contribution in [3.63, 3.8) is 0 Å². The van der Waals surface area contributed by atoms with Crippen molar-refractivity contribution in [1.82, 2.24) is 5.32 Å². The van der Waals surface area contributed by atoms with E-state index < -0.39 is 52.6 Å². The average Bonchev–Trinajstić information content (AvgIpc) is 1.57. The molecule has 5 atom stereocenters. The number of ether oxygens (including phenoxy) is 5. The van der Waals surface area contributed by atoms with E-state index in [9.17, 15) is 52.7 Å². The van der Waals surface area contributed by atoms with Crippen molar-refractivity contribution in [2.75, 3.05) is 33.0 Å². The van der Waals surface area contributed by atoms with Crippen molar-refractivity contribution < 1.29 is 166 Å².